The summed E-state index contributed by atoms with van der Waals surface area (Å²) in [6, 6.07) is 7.79. The monoisotopic (exact) mass is 292 g/mol. The fourth-order valence-electron chi connectivity index (χ4n) is 1.97. The number of carbonyl (C=O) groups is 2. The van der Waals surface area contributed by atoms with Crippen LogP contribution >= 0.6 is 11.6 Å². The second kappa shape index (κ2) is 5.43. The number of halogens is 2. The average molecular weight is 293 g/mol. The summed E-state index contributed by atoms with van der Waals surface area (Å²) in [6.45, 7) is 1.34. The highest BCUT2D eigenvalue weighted by molar-refractivity contribution is 6.31. The molecule has 0 saturated carbocycles. The number of aromatic carboxylic acids is 1. The molecular formula is C15H10ClFO3. The first-order valence-electron chi connectivity index (χ1n) is 5.74. The Kier molecular flexibility index (Phi) is 3.86. The van der Waals surface area contributed by atoms with E-state index >= 15 is 0 Å². The normalized spacial score (nSPS) is 10.3. The van der Waals surface area contributed by atoms with Crippen LogP contribution < -0.4 is 0 Å². The van der Waals surface area contributed by atoms with E-state index in [4.69, 9.17) is 11.6 Å². The van der Waals surface area contributed by atoms with Crippen molar-refractivity contribution >= 4 is 23.4 Å². The number of carboxylic acid groups (broad SMARTS) is 1. The third kappa shape index (κ3) is 2.70. The van der Waals surface area contributed by atoms with E-state index in [-0.39, 0.29) is 28.0 Å². The van der Waals surface area contributed by atoms with Crippen LogP contribution in [0.1, 0.15) is 27.6 Å². The summed E-state index contributed by atoms with van der Waals surface area (Å²) in [7, 11) is 0. The SMILES string of the molecule is CC(=O)c1ccc(F)cc1-c1cc(Cl)ccc1C(=O)O. The molecule has 102 valence electrons. The van der Waals surface area contributed by atoms with E-state index in [9.17, 15) is 19.1 Å². The summed E-state index contributed by atoms with van der Waals surface area (Å²) >= 11 is 5.87. The van der Waals surface area contributed by atoms with E-state index in [1.54, 1.807) is 0 Å². The number of carbonyl (C=O) groups excluding carboxylic acids is 1. The van der Waals surface area contributed by atoms with Gasteiger partial charge in [0.2, 0.25) is 0 Å². The summed E-state index contributed by atoms with van der Waals surface area (Å²) in [5.74, 6) is -2.01. The van der Waals surface area contributed by atoms with E-state index < -0.39 is 11.8 Å². The van der Waals surface area contributed by atoms with Gasteiger partial charge in [0.25, 0.3) is 0 Å². The standard InChI is InChI=1S/C15H10ClFO3/c1-8(18)11-5-3-10(17)7-14(11)13-6-9(16)2-4-12(13)15(19)20/h2-7H,1H3,(H,19,20). The topological polar surface area (TPSA) is 54.4 Å². The van der Waals surface area contributed by atoms with Crippen molar-refractivity contribution in [3.8, 4) is 11.1 Å². The van der Waals surface area contributed by atoms with Crippen molar-refractivity contribution in [2.45, 2.75) is 6.92 Å². The van der Waals surface area contributed by atoms with Crippen LogP contribution in [-0.2, 0) is 0 Å². The molecule has 20 heavy (non-hydrogen) atoms. The molecule has 0 aliphatic heterocycles. The van der Waals surface area contributed by atoms with Gasteiger partial charge in [-0.25, -0.2) is 9.18 Å². The second-order valence-corrected chi connectivity index (χ2v) is 4.68. The van der Waals surface area contributed by atoms with Gasteiger partial charge in [0.15, 0.2) is 5.78 Å². The van der Waals surface area contributed by atoms with E-state index in [2.05, 4.69) is 0 Å². The zero-order valence-electron chi connectivity index (χ0n) is 10.5. The predicted molar refractivity (Wildman–Crippen MR) is 73.8 cm³/mol. The van der Waals surface area contributed by atoms with Crippen molar-refractivity contribution in [1.29, 1.82) is 0 Å². The van der Waals surface area contributed by atoms with Crippen molar-refractivity contribution in [1.82, 2.24) is 0 Å². The van der Waals surface area contributed by atoms with Crippen LogP contribution in [0.2, 0.25) is 5.02 Å². The average Bonchev–Trinajstić information content (AvgIpc) is 2.37. The molecule has 3 nitrogen and oxygen atoms in total. The van der Waals surface area contributed by atoms with Gasteiger partial charge in [0.1, 0.15) is 5.82 Å². The van der Waals surface area contributed by atoms with E-state index in [1.807, 2.05) is 0 Å². The highest BCUT2D eigenvalue weighted by atomic mass is 35.5. The molecule has 0 bridgehead atoms. The molecule has 0 amide bonds. The summed E-state index contributed by atoms with van der Waals surface area (Å²) < 4.78 is 13.4. The second-order valence-electron chi connectivity index (χ2n) is 4.24. The first kappa shape index (κ1) is 14.2. The van der Waals surface area contributed by atoms with Crippen LogP contribution in [-0.4, -0.2) is 16.9 Å². The Morgan fingerprint density at radius 2 is 1.65 bits per heavy atom. The van der Waals surface area contributed by atoms with Gasteiger partial charge in [0, 0.05) is 10.6 Å². The zero-order chi connectivity index (χ0) is 14.9. The summed E-state index contributed by atoms with van der Waals surface area (Å²) in [5, 5.41) is 9.50. The Balaban J connectivity index is 2.79. The Bertz CT molecular complexity index is 649. The van der Waals surface area contributed by atoms with Gasteiger partial charge in [-0.3, -0.25) is 4.79 Å². The molecule has 0 aliphatic rings. The lowest BCUT2D eigenvalue weighted by atomic mass is 9.93. The van der Waals surface area contributed by atoms with Crippen molar-refractivity contribution < 1.29 is 19.1 Å². The number of benzene rings is 2. The van der Waals surface area contributed by atoms with Crippen LogP contribution in [0.15, 0.2) is 36.4 Å². The molecule has 5 heteroatoms. The Morgan fingerprint density at radius 3 is 2.25 bits per heavy atom. The van der Waals surface area contributed by atoms with Gasteiger partial charge in [-0.15, -0.1) is 0 Å². The van der Waals surface area contributed by atoms with Crippen LogP contribution in [0.5, 0.6) is 0 Å². The lowest BCUT2D eigenvalue weighted by Gasteiger charge is -2.11. The fourth-order valence-corrected chi connectivity index (χ4v) is 2.14. The fraction of sp³-hybridized carbons (Fsp3) is 0.0667. The van der Waals surface area contributed by atoms with E-state index in [0.717, 1.165) is 12.1 Å². The Hall–Kier alpha value is -2.20. The molecule has 0 unspecified atom stereocenters. The smallest absolute Gasteiger partial charge is 0.336 e. The highest BCUT2D eigenvalue weighted by Gasteiger charge is 2.17. The number of rotatable bonds is 3. The van der Waals surface area contributed by atoms with Crippen LogP contribution in [0.3, 0.4) is 0 Å². The van der Waals surface area contributed by atoms with Crippen LogP contribution in [0, 0.1) is 5.82 Å². The van der Waals surface area contributed by atoms with Gasteiger partial charge >= 0.3 is 5.97 Å². The van der Waals surface area contributed by atoms with E-state index in [0.29, 0.717) is 5.02 Å². The zero-order valence-corrected chi connectivity index (χ0v) is 11.2. The molecule has 0 spiro atoms. The largest absolute Gasteiger partial charge is 0.478 e. The van der Waals surface area contributed by atoms with Gasteiger partial charge in [0.05, 0.1) is 5.56 Å². The molecule has 1 N–H and O–H groups in total. The van der Waals surface area contributed by atoms with Crippen LogP contribution in [0.4, 0.5) is 4.39 Å². The van der Waals surface area contributed by atoms with E-state index in [1.165, 1.54) is 31.2 Å². The minimum atomic E-state index is -1.17. The summed E-state index contributed by atoms with van der Waals surface area (Å²) in [5.41, 5.74) is 0.644. The van der Waals surface area contributed by atoms with Gasteiger partial charge in [-0.1, -0.05) is 11.6 Å². The molecule has 2 aromatic rings. The minimum absolute atomic E-state index is 0.0394. The minimum Gasteiger partial charge on any atom is -0.478 e. The number of ketones is 1. The quantitative estimate of drug-likeness (QED) is 0.868. The molecule has 2 aromatic carbocycles. The summed E-state index contributed by atoms with van der Waals surface area (Å²) in [4.78, 5) is 22.9. The number of carboxylic acids is 1. The van der Waals surface area contributed by atoms with Crippen molar-refractivity contribution in [3.63, 3.8) is 0 Å². The lowest BCUT2D eigenvalue weighted by molar-refractivity contribution is 0.0697. The van der Waals surface area contributed by atoms with Gasteiger partial charge < -0.3 is 5.11 Å². The van der Waals surface area contributed by atoms with Crippen molar-refractivity contribution in [2.75, 3.05) is 0 Å². The molecule has 0 aromatic heterocycles. The summed E-state index contributed by atoms with van der Waals surface area (Å²) in [6.07, 6.45) is 0. The molecular weight excluding hydrogens is 283 g/mol. The van der Waals surface area contributed by atoms with Gasteiger partial charge in [-0.2, -0.15) is 0 Å². The molecule has 0 aliphatic carbocycles. The predicted octanol–water partition coefficient (Wildman–Crippen LogP) is 4.05. The van der Waals surface area contributed by atoms with Crippen molar-refractivity contribution in [3.05, 3.63) is 58.4 Å². The highest BCUT2D eigenvalue weighted by Crippen LogP contribution is 2.31. The molecule has 0 saturated heterocycles. The Morgan fingerprint density at radius 1 is 1.05 bits per heavy atom. The molecule has 0 atom stereocenters. The molecule has 2 rings (SSSR count). The first-order chi connectivity index (χ1) is 9.40. The van der Waals surface area contributed by atoms with Crippen LogP contribution in [0.25, 0.3) is 11.1 Å². The number of hydrogen-bond acceptors (Lipinski definition) is 2. The van der Waals surface area contributed by atoms with Crippen molar-refractivity contribution in [2.24, 2.45) is 0 Å². The maximum absolute atomic E-state index is 13.4. The molecule has 0 fully saturated rings. The molecule has 0 radical (unpaired) electrons. The number of hydrogen-bond donors (Lipinski definition) is 1. The Labute approximate surface area is 119 Å². The number of Topliss-reactive ketones (excluding diaryl/α,β-unsaturated/α-hetero) is 1. The maximum Gasteiger partial charge on any atom is 0.336 e. The maximum atomic E-state index is 13.4. The third-order valence-corrected chi connectivity index (χ3v) is 3.10. The lowest BCUT2D eigenvalue weighted by Crippen LogP contribution is -2.03. The van der Waals surface area contributed by atoms with Gasteiger partial charge in [-0.05, 0) is 54.4 Å². The first-order valence-corrected chi connectivity index (χ1v) is 6.11. The molecule has 0 heterocycles. The third-order valence-electron chi connectivity index (χ3n) is 2.86.